The number of amides is 3. The SMILES string of the molecule is CC(=NC(=O)OCc1ccc([N+](=O)[O-])cc1)N1CC[C@H](SC(=O)C[C@@H]2[C@@H]([C@@H](C)O[Si](C)(C)C(C)(C)C)C(=O)N2C(=O)C(=O)OCc2ccc([N+](=O)[O-])cc2)C1. The molecule has 19 heteroatoms. The summed E-state index contributed by atoms with van der Waals surface area (Å²) in [5, 5.41) is 21.1. The first kappa shape index (κ1) is 42.7. The first-order chi connectivity index (χ1) is 25.7. The fourth-order valence-electron chi connectivity index (χ4n) is 5.90. The molecule has 0 N–H and O–H groups in total. The minimum absolute atomic E-state index is 0.0839. The highest BCUT2D eigenvalue weighted by Gasteiger charge is 2.56. The highest BCUT2D eigenvalue weighted by molar-refractivity contribution is 8.14. The lowest BCUT2D eigenvalue weighted by atomic mass is 9.81. The molecule has 2 saturated heterocycles. The van der Waals surface area contributed by atoms with Gasteiger partial charge in [-0.05, 0) is 73.8 Å². The molecule has 2 aliphatic heterocycles. The summed E-state index contributed by atoms with van der Waals surface area (Å²) in [7, 11) is -2.38. The maximum Gasteiger partial charge on any atom is 0.435 e. The molecule has 2 fully saturated rings. The lowest BCUT2D eigenvalue weighted by Gasteiger charge is -2.49. The lowest BCUT2D eigenvalue weighted by Crippen LogP contribution is -2.68. The van der Waals surface area contributed by atoms with Gasteiger partial charge in [-0.25, -0.2) is 9.59 Å². The van der Waals surface area contributed by atoms with Crippen molar-refractivity contribution in [1.82, 2.24) is 9.80 Å². The quantitative estimate of drug-likeness (QED) is 0.0363. The summed E-state index contributed by atoms with van der Waals surface area (Å²) in [4.78, 5) is 93.0. The normalized spacial score (nSPS) is 19.4. The number of rotatable bonds is 12. The van der Waals surface area contributed by atoms with Gasteiger partial charge < -0.3 is 18.8 Å². The van der Waals surface area contributed by atoms with Crippen molar-refractivity contribution in [2.45, 2.75) is 96.2 Å². The van der Waals surface area contributed by atoms with Gasteiger partial charge in [-0.3, -0.25) is 39.5 Å². The van der Waals surface area contributed by atoms with Gasteiger partial charge in [0.1, 0.15) is 19.0 Å². The summed E-state index contributed by atoms with van der Waals surface area (Å²) >= 11 is 1.06. The highest BCUT2D eigenvalue weighted by Crippen LogP contribution is 2.42. The fourth-order valence-corrected chi connectivity index (χ4v) is 8.45. The van der Waals surface area contributed by atoms with Crippen LogP contribution in [0.15, 0.2) is 53.5 Å². The first-order valence-corrected chi connectivity index (χ1v) is 21.3. The summed E-state index contributed by atoms with van der Waals surface area (Å²) in [6.07, 6.45) is -1.14. The zero-order chi connectivity index (χ0) is 40.8. The van der Waals surface area contributed by atoms with E-state index in [1.807, 2.05) is 38.8 Å². The van der Waals surface area contributed by atoms with Crippen LogP contribution in [0.4, 0.5) is 16.2 Å². The molecular weight excluding hydrogens is 755 g/mol. The second-order valence-electron chi connectivity index (χ2n) is 14.9. The molecular formula is C36H45N5O12SSi. The Labute approximate surface area is 323 Å². The van der Waals surface area contributed by atoms with Crippen LogP contribution in [-0.4, -0.2) is 93.3 Å². The summed E-state index contributed by atoms with van der Waals surface area (Å²) < 4.78 is 16.8. The minimum Gasteiger partial charge on any atom is -0.454 e. The van der Waals surface area contributed by atoms with E-state index in [9.17, 15) is 44.2 Å². The predicted octanol–water partition coefficient (Wildman–Crippen LogP) is 5.79. The number of carbonyl (C=O) groups is 5. The second kappa shape index (κ2) is 17.6. The summed E-state index contributed by atoms with van der Waals surface area (Å²) in [5.74, 6) is -3.65. The Balaban J connectivity index is 1.38. The van der Waals surface area contributed by atoms with E-state index in [1.165, 1.54) is 48.5 Å². The number of hydrogen-bond acceptors (Lipinski definition) is 13. The molecule has 2 aliphatic rings. The average Bonchev–Trinajstić information content (AvgIpc) is 3.57. The van der Waals surface area contributed by atoms with Crippen LogP contribution in [0.1, 0.15) is 58.6 Å². The van der Waals surface area contributed by atoms with E-state index in [4.69, 9.17) is 13.9 Å². The van der Waals surface area contributed by atoms with Crippen LogP contribution in [0.2, 0.25) is 18.1 Å². The van der Waals surface area contributed by atoms with Crippen LogP contribution < -0.4 is 0 Å². The van der Waals surface area contributed by atoms with Gasteiger partial charge in [-0.15, -0.1) is 0 Å². The van der Waals surface area contributed by atoms with Gasteiger partial charge in [0, 0.05) is 49.0 Å². The number of benzene rings is 2. The zero-order valence-corrected chi connectivity index (χ0v) is 33.5. The number of amidine groups is 1. The Kier molecular flexibility index (Phi) is 13.7. The predicted molar refractivity (Wildman–Crippen MR) is 203 cm³/mol. The number of imide groups is 1. The van der Waals surface area contributed by atoms with Gasteiger partial charge in [-0.1, -0.05) is 32.5 Å². The van der Waals surface area contributed by atoms with Gasteiger partial charge in [-0.2, -0.15) is 4.99 Å². The number of nitro benzene ring substituents is 2. The van der Waals surface area contributed by atoms with E-state index in [2.05, 4.69) is 4.99 Å². The third-order valence-electron chi connectivity index (χ3n) is 10.0. The van der Waals surface area contributed by atoms with Crippen molar-refractivity contribution in [1.29, 1.82) is 0 Å². The molecule has 0 aliphatic carbocycles. The molecule has 0 radical (unpaired) electrons. The molecule has 0 aromatic heterocycles. The third-order valence-corrected chi connectivity index (χ3v) is 15.7. The van der Waals surface area contributed by atoms with Crippen LogP contribution >= 0.6 is 11.8 Å². The van der Waals surface area contributed by atoms with Gasteiger partial charge in [0.2, 0.25) is 5.91 Å². The van der Waals surface area contributed by atoms with Crippen LogP contribution in [-0.2, 0) is 46.3 Å². The van der Waals surface area contributed by atoms with Crippen molar-refractivity contribution in [2.75, 3.05) is 13.1 Å². The Morgan fingerprint density at radius 3 is 1.98 bits per heavy atom. The van der Waals surface area contributed by atoms with Crippen molar-refractivity contribution in [3.63, 3.8) is 0 Å². The molecule has 4 atom stereocenters. The van der Waals surface area contributed by atoms with Crippen LogP contribution in [0.25, 0.3) is 0 Å². The lowest BCUT2D eigenvalue weighted by molar-refractivity contribution is -0.385. The number of esters is 1. The fraction of sp³-hybridized carbons (Fsp3) is 0.500. The molecule has 3 amide bonds. The van der Waals surface area contributed by atoms with Crippen LogP contribution in [0.3, 0.4) is 0 Å². The van der Waals surface area contributed by atoms with E-state index < -0.39 is 60.1 Å². The number of non-ortho nitro benzene ring substituents is 2. The monoisotopic (exact) mass is 799 g/mol. The maximum atomic E-state index is 13.5. The Morgan fingerprint density at radius 1 is 0.945 bits per heavy atom. The standard InChI is InChI=1S/C36H45N5O12SSi/c1-22(53-55(6,7)36(3,4)5)31-29(39(32(31)43)33(44)34(45)51-20-24-8-12-26(13-9-24)40(47)48)18-30(42)54-28-16-17-38(19-28)23(2)37-35(46)52-21-25-10-14-27(15-11-25)41(49)50/h8-15,22,28-29,31H,16-21H2,1-7H3/t22-,28+,29-,31-/m1/s1. The Hall–Kier alpha value is -5.01. The molecule has 55 heavy (non-hydrogen) atoms. The van der Waals surface area contributed by atoms with Crippen molar-refractivity contribution in [3.8, 4) is 0 Å². The van der Waals surface area contributed by atoms with Crippen molar-refractivity contribution < 1.29 is 47.7 Å². The maximum absolute atomic E-state index is 13.5. The molecule has 0 bridgehead atoms. The van der Waals surface area contributed by atoms with E-state index >= 15 is 0 Å². The van der Waals surface area contributed by atoms with Crippen LogP contribution in [0, 0.1) is 26.1 Å². The molecule has 0 saturated carbocycles. The summed E-state index contributed by atoms with van der Waals surface area (Å²) in [5.41, 5.74) is 0.706. The Bertz CT molecular complexity index is 1850. The molecule has 2 heterocycles. The van der Waals surface area contributed by atoms with E-state index in [0.717, 1.165) is 16.7 Å². The van der Waals surface area contributed by atoms with Gasteiger partial charge >= 0.3 is 18.0 Å². The summed E-state index contributed by atoms with van der Waals surface area (Å²) in [6, 6.07) is 9.85. The number of carbonyl (C=O) groups excluding carboxylic acids is 5. The number of nitro groups is 2. The molecule has 2 aromatic carbocycles. The van der Waals surface area contributed by atoms with Crippen molar-refractivity contribution in [3.05, 3.63) is 79.9 Å². The van der Waals surface area contributed by atoms with E-state index in [1.54, 1.807) is 13.8 Å². The van der Waals surface area contributed by atoms with Gasteiger partial charge in [0.25, 0.3) is 11.4 Å². The molecule has 0 spiro atoms. The van der Waals surface area contributed by atoms with Gasteiger partial charge in [0.05, 0.1) is 27.9 Å². The summed E-state index contributed by atoms with van der Waals surface area (Å²) in [6.45, 7) is 14.0. The number of β-lactam (4-membered cyclic amide) rings is 1. The van der Waals surface area contributed by atoms with Crippen molar-refractivity contribution >= 4 is 66.3 Å². The van der Waals surface area contributed by atoms with Gasteiger partial charge in [0.15, 0.2) is 13.4 Å². The molecule has 4 rings (SSSR count). The Morgan fingerprint density at radius 2 is 1.47 bits per heavy atom. The van der Waals surface area contributed by atoms with E-state index in [0.29, 0.717) is 36.5 Å². The molecule has 296 valence electrons. The molecule has 17 nitrogen and oxygen atoms in total. The zero-order valence-electron chi connectivity index (χ0n) is 31.7. The smallest absolute Gasteiger partial charge is 0.435 e. The third kappa shape index (κ3) is 10.8. The second-order valence-corrected chi connectivity index (χ2v) is 21.0. The average molecular weight is 800 g/mol. The minimum atomic E-state index is -2.38. The number of thioether (sulfide) groups is 1. The van der Waals surface area contributed by atoms with Crippen LogP contribution in [0.5, 0.6) is 0 Å². The topological polar surface area (TPSA) is 218 Å². The number of aliphatic imine (C=N–C) groups is 1. The largest absolute Gasteiger partial charge is 0.454 e. The number of hydrogen-bond donors (Lipinski definition) is 0. The number of nitrogens with zero attached hydrogens (tertiary/aromatic N) is 5. The number of ether oxygens (including phenoxy) is 2. The first-order valence-electron chi connectivity index (χ1n) is 17.5. The van der Waals surface area contributed by atoms with E-state index in [-0.39, 0.29) is 46.4 Å². The molecule has 2 aromatic rings. The van der Waals surface area contributed by atoms with Crippen molar-refractivity contribution in [2.24, 2.45) is 10.9 Å². The number of likely N-dealkylation sites (tertiary alicyclic amines) is 2. The molecule has 0 unspecified atom stereocenters. The highest BCUT2D eigenvalue weighted by atomic mass is 32.2.